The Kier molecular flexibility index (Phi) is 8.85. The molecule has 0 unspecified atom stereocenters. The highest BCUT2D eigenvalue weighted by Gasteiger charge is 2.28. The molecule has 0 aromatic heterocycles. The maximum absolute atomic E-state index is 11.8. The fraction of sp³-hybridized carbons (Fsp3) is 0.412. The standard InChI is InChI=1S/C17H19N3O6S/c1-17(2,15(22)24-3)9-27-5-4-25-16(23)20-13-6-12(19-11-21)7-14(8-13)26-10-18/h6-8H,4-5,9H2,1-3H3,(H,20,23). The van der Waals surface area contributed by atoms with Gasteiger partial charge in [0.1, 0.15) is 12.4 Å². The van der Waals surface area contributed by atoms with Crippen molar-refractivity contribution in [2.24, 2.45) is 10.4 Å². The summed E-state index contributed by atoms with van der Waals surface area (Å²) >= 11 is 1.45. The molecule has 0 aliphatic carbocycles. The molecule has 0 aliphatic heterocycles. The van der Waals surface area contributed by atoms with Crippen LogP contribution in [0, 0.1) is 16.9 Å². The minimum absolute atomic E-state index is 0.102. The molecule has 0 radical (unpaired) electrons. The zero-order chi connectivity index (χ0) is 20.3. The number of methoxy groups -OCH3 is 1. The molecule has 0 spiro atoms. The molecular weight excluding hydrogens is 374 g/mol. The van der Waals surface area contributed by atoms with E-state index in [9.17, 15) is 14.4 Å². The monoisotopic (exact) mass is 393 g/mol. The van der Waals surface area contributed by atoms with Crippen LogP contribution in [0.4, 0.5) is 16.2 Å². The number of nitrogens with zero attached hydrogens (tertiary/aromatic N) is 2. The number of aliphatic imine (C=N–C) groups is 1. The highest BCUT2D eigenvalue weighted by atomic mass is 32.2. The Hall–Kier alpha value is -3.02. The number of hydrogen-bond donors (Lipinski definition) is 1. The van der Waals surface area contributed by atoms with Gasteiger partial charge in [-0.2, -0.15) is 16.8 Å². The Labute approximate surface area is 160 Å². The van der Waals surface area contributed by atoms with Crippen LogP contribution >= 0.6 is 11.8 Å². The van der Waals surface area contributed by atoms with Crippen LogP contribution < -0.4 is 10.1 Å². The number of ether oxygens (including phenoxy) is 3. The fourth-order valence-corrected chi connectivity index (χ4v) is 2.87. The Bertz CT molecular complexity index is 768. The molecule has 0 heterocycles. The first-order valence-electron chi connectivity index (χ1n) is 7.71. The summed E-state index contributed by atoms with van der Waals surface area (Å²) in [5.74, 6) is 0.809. The lowest BCUT2D eigenvalue weighted by molar-refractivity contribution is -0.149. The van der Waals surface area contributed by atoms with E-state index >= 15 is 0 Å². The van der Waals surface area contributed by atoms with Crippen molar-refractivity contribution in [3.63, 3.8) is 0 Å². The van der Waals surface area contributed by atoms with Crippen molar-refractivity contribution < 1.29 is 28.6 Å². The number of thioether (sulfide) groups is 1. The van der Waals surface area contributed by atoms with Crippen LogP contribution in [-0.2, 0) is 19.1 Å². The minimum atomic E-state index is -0.724. The molecule has 0 atom stereocenters. The molecule has 10 heteroatoms. The van der Waals surface area contributed by atoms with Crippen molar-refractivity contribution >= 4 is 41.3 Å². The molecule has 0 aliphatic rings. The van der Waals surface area contributed by atoms with Gasteiger partial charge in [-0.3, -0.25) is 10.1 Å². The largest absolute Gasteiger partial charge is 0.469 e. The number of nitriles is 1. The average molecular weight is 393 g/mol. The number of amides is 1. The van der Waals surface area contributed by atoms with Gasteiger partial charge in [0.25, 0.3) is 6.26 Å². The molecule has 0 saturated heterocycles. The van der Waals surface area contributed by atoms with Crippen LogP contribution in [-0.4, -0.2) is 43.4 Å². The Morgan fingerprint density at radius 1 is 1.33 bits per heavy atom. The highest BCUT2D eigenvalue weighted by Crippen LogP contribution is 2.26. The second-order valence-electron chi connectivity index (χ2n) is 5.80. The first-order chi connectivity index (χ1) is 12.8. The minimum Gasteiger partial charge on any atom is -0.469 e. The SMILES string of the molecule is COC(=O)C(C)(C)CSCCOC(=O)Nc1cc(N=C=O)cc(OC#N)c1. The molecule has 9 nitrogen and oxygen atoms in total. The van der Waals surface area contributed by atoms with Crippen molar-refractivity contribution in [2.75, 3.05) is 30.5 Å². The van der Waals surface area contributed by atoms with E-state index in [1.54, 1.807) is 13.8 Å². The topological polar surface area (TPSA) is 127 Å². The third-order valence-electron chi connectivity index (χ3n) is 3.14. The zero-order valence-electron chi connectivity index (χ0n) is 15.1. The molecule has 1 aromatic carbocycles. The van der Waals surface area contributed by atoms with Gasteiger partial charge in [0.15, 0.2) is 0 Å². The van der Waals surface area contributed by atoms with Crippen molar-refractivity contribution in [2.45, 2.75) is 13.8 Å². The molecule has 1 rings (SSSR count). The Balaban J connectivity index is 2.50. The van der Waals surface area contributed by atoms with Crippen molar-refractivity contribution in [1.29, 1.82) is 5.26 Å². The maximum atomic E-state index is 11.8. The van der Waals surface area contributed by atoms with E-state index in [0.29, 0.717) is 11.5 Å². The lowest BCUT2D eigenvalue weighted by Gasteiger charge is -2.20. The molecule has 1 aromatic rings. The maximum Gasteiger partial charge on any atom is 0.411 e. The number of hydrogen-bond acceptors (Lipinski definition) is 9. The smallest absolute Gasteiger partial charge is 0.411 e. The average Bonchev–Trinajstić information content (AvgIpc) is 2.61. The number of anilines is 1. The molecule has 0 saturated carbocycles. The van der Waals surface area contributed by atoms with Crippen LogP contribution in [0.3, 0.4) is 0 Å². The zero-order valence-corrected chi connectivity index (χ0v) is 15.9. The Morgan fingerprint density at radius 3 is 2.70 bits per heavy atom. The summed E-state index contributed by atoms with van der Waals surface area (Å²) in [6, 6.07) is 4.11. The van der Waals surface area contributed by atoms with E-state index in [0.717, 1.165) is 0 Å². The first-order valence-corrected chi connectivity index (χ1v) is 8.86. The van der Waals surface area contributed by atoms with Crippen molar-refractivity contribution in [3.8, 4) is 12.0 Å². The van der Waals surface area contributed by atoms with Crippen molar-refractivity contribution in [1.82, 2.24) is 0 Å². The van der Waals surface area contributed by atoms with Crippen LogP contribution in [0.25, 0.3) is 0 Å². The van der Waals surface area contributed by atoms with E-state index in [1.807, 2.05) is 0 Å². The van der Waals surface area contributed by atoms with Gasteiger partial charge in [0.2, 0.25) is 6.08 Å². The number of isocyanates is 1. The summed E-state index contributed by atoms with van der Waals surface area (Å²) < 4.78 is 14.4. The molecule has 144 valence electrons. The third kappa shape index (κ3) is 7.81. The van der Waals surface area contributed by atoms with Gasteiger partial charge >= 0.3 is 12.1 Å². The first kappa shape index (κ1) is 22.0. The lowest BCUT2D eigenvalue weighted by Crippen LogP contribution is -2.28. The van der Waals surface area contributed by atoms with E-state index < -0.39 is 11.5 Å². The molecule has 0 fully saturated rings. The summed E-state index contributed by atoms with van der Waals surface area (Å²) in [6.07, 6.45) is 2.13. The van der Waals surface area contributed by atoms with Gasteiger partial charge in [-0.15, -0.1) is 5.26 Å². The van der Waals surface area contributed by atoms with Gasteiger partial charge < -0.3 is 14.2 Å². The van der Waals surface area contributed by atoms with E-state index in [-0.39, 0.29) is 29.7 Å². The van der Waals surface area contributed by atoms with Gasteiger partial charge in [-0.25, -0.2) is 9.59 Å². The van der Waals surface area contributed by atoms with Gasteiger partial charge in [0.05, 0.1) is 18.2 Å². The summed E-state index contributed by atoms with van der Waals surface area (Å²) in [4.78, 5) is 37.2. The predicted molar refractivity (Wildman–Crippen MR) is 98.6 cm³/mol. The van der Waals surface area contributed by atoms with E-state index in [4.69, 9.17) is 14.7 Å². The van der Waals surface area contributed by atoms with Gasteiger partial charge in [-0.1, -0.05) is 0 Å². The summed E-state index contributed by atoms with van der Waals surface area (Å²) in [6.45, 7) is 3.67. The number of carbonyl (C=O) groups excluding carboxylic acids is 3. The van der Waals surface area contributed by atoms with Crippen LogP contribution in [0.5, 0.6) is 5.75 Å². The summed E-state index contributed by atoms with van der Waals surface area (Å²) in [7, 11) is 1.34. The molecule has 1 amide bonds. The lowest BCUT2D eigenvalue weighted by atomic mass is 9.97. The van der Waals surface area contributed by atoms with E-state index in [2.05, 4.69) is 15.0 Å². The third-order valence-corrected chi connectivity index (χ3v) is 4.52. The van der Waals surface area contributed by atoms with Crippen LogP contribution in [0.2, 0.25) is 0 Å². The fourth-order valence-electron chi connectivity index (χ4n) is 1.89. The second-order valence-corrected chi connectivity index (χ2v) is 6.91. The summed E-state index contributed by atoms with van der Waals surface area (Å²) in [5, 5.41) is 11.0. The van der Waals surface area contributed by atoms with E-state index in [1.165, 1.54) is 49.4 Å². The Morgan fingerprint density at radius 2 is 2.07 bits per heavy atom. The highest BCUT2D eigenvalue weighted by molar-refractivity contribution is 7.99. The van der Waals surface area contributed by atoms with Crippen molar-refractivity contribution in [3.05, 3.63) is 18.2 Å². The number of carbonyl (C=O) groups is 2. The summed E-state index contributed by atoms with van der Waals surface area (Å²) in [5.41, 5.74) is -0.229. The second kappa shape index (κ2) is 10.9. The van der Waals surface area contributed by atoms with Crippen LogP contribution in [0.1, 0.15) is 13.8 Å². The van der Waals surface area contributed by atoms with Gasteiger partial charge in [-0.05, 0) is 19.9 Å². The number of rotatable bonds is 9. The normalized spacial score (nSPS) is 10.1. The molecule has 1 N–H and O–H groups in total. The van der Waals surface area contributed by atoms with Crippen LogP contribution in [0.15, 0.2) is 23.2 Å². The van der Waals surface area contributed by atoms with Gasteiger partial charge in [0, 0.05) is 29.3 Å². The molecule has 0 bridgehead atoms. The quantitative estimate of drug-likeness (QED) is 0.223. The number of benzene rings is 1. The number of esters is 1. The predicted octanol–water partition coefficient (Wildman–Crippen LogP) is 2.99. The number of nitrogens with one attached hydrogen (secondary N) is 1. The molecule has 27 heavy (non-hydrogen) atoms. The molecular formula is C17H19N3O6S.